The molecule has 2 N–H and O–H groups in total. The van der Waals surface area contributed by atoms with Gasteiger partial charge < -0.3 is 15.2 Å². The van der Waals surface area contributed by atoms with Gasteiger partial charge in [-0.3, -0.25) is 4.79 Å². The van der Waals surface area contributed by atoms with Crippen LogP contribution in [0.2, 0.25) is 0 Å². The summed E-state index contributed by atoms with van der Waals surface area (Å²) in [5.74, 6) is 0.0669. The van der Waals surface area contributed by atoms with Crippen LogP contribution in [0.1, 0.15) is 51.9 Å². The third kappa shape index (κ3) is 4.94. The quantitative estimate of drug-likeness (QED) is 0.732. The Kier molecular flexibility index (Phi) is 6.65. The molecule has 1 atom stereocenters. The highest BCUT2D eigenvalue weighted by Crippen LogP contribution is 2.35. The molecule has 0 aromatic carbocycles. The topological polar surface area (TPSA) is 58.6 Å². The third-order valence-corrected chi connectivity index (χ3v) is 4.09. The molecule has 0 spiro atoms. The van der Waals surface area contributed by atoms with Gasteiger partial charge in [-0.05, 0) is 26.2 Å². The predicted molar refractivity (Wildman–Crippen MR) is 71.3 cm³/mol. The van der Waals surface area contributed by atoms with E-state index < -0.39 is 0 Å². The van der Waals surface area contributed by atoms with Gasteiger partial charge in [-0.15, -0.1) is 0 Å². The molecule has 0 bridgehead atoms. The smallest absolute Gasteiger partial charge is 0.220 e. The van der Waals surface area contributed by atoms with Gasteiger partial charge in [0, 0.05) is 25.5 Å². The molecule has 0 aromatic heterocycles. The van der Waals surface area contributed by atoms with Crippen molar-refractivity contribution < 1.29 is 14.6 Å². The summed E-state index contributed by atoms with van der Waals surface area (Å²) in [4.78, 5) is 11.7. The van der Waals surface area contributed by atoms with Gasteiger partial charge in [0.05, 0.1) is 12.7 Å². The van der Waals surface area contributed by atoms with Crippen LogP contribution in [0.25, 0.3) is 0 Å². The fraction of sp³-hybridized carbons (Fsp3) is 0.929. The Morgan fingerprint density at radius 3 is 2.61 bits per heavy atom. The number of nitrogens with one attached hydrogen (secondary N) is 1. The number of rotatable bonds is 7. The van der Waals surface area contributed by atoms with E-state index in [0.717, 1.165) is 32.1 Å². The van der Waals surface area contributed by atoms with Crippen LogP contribution in [0.15, 0.2) is 0 Å². The Labute approximate surface area is 110 Å². The van der Waals surface area contributed by atoms with Crippen LogP contribution >= 0.6 is 0 Å². The first kappa shape index (κ1) is 15.4. The van der Waals surface area contributed by atoms with Crippen LogP contribution in [0.3, 0.4) is 0 Å². The fourth-order valence-electron chi connectivity index (χ4n) is 2.52. The number of hydrogen-bond donors (Lipinski definition) is 2. The Bertz CT molecular complexity index is 249. The molecule has 4 nitrogen and oxygen atoms in total. The van der Waals surface area contributed by atoms with E-state index in [1.807, 2.05) is 6.92 Å². The lowest BCUT2D eigenvalue weighted by atomic mass is 9.74. The van der Waals surface area contributed by atoms with Crippen LogP contribution in [0, 0.1) is 5.41 Å². The summed E-state index contributed by atoms with van der Waals surface area (Å²) >= 11 is 0. The molecule has 1 amide bonds. The minimum Gasteiger partial charge on any atom is -0.396 e. The molecule has 1 aliphatic rings. The summed E-state index contributed by atoms with van der Waals surface area (Å²) in [7, 11) is 1.66. The predicted octanol–water partition coefficient (Wildman–Crippen LogP) is 1.86. The molecule has 1 saturated carbocycles. The van der Waals surface area contributed by atoms with Gasteiger partial charge in [-0.25, -0.2) is 0 Å². The van der Waals surface area contributed by atoms with Crippen molar-refractivity contribution in [2.45, 2.75) is 58.0 Å². The number of carbonyl (C=O) groups excluding carboxylic acids is 1. The second-order valence-corrected chi connectivity index (χ2v) is 5.58. The third-order valence-electron chi connectivity index (χ3n) is 4.09. The number of methoxy groups -OCH3 is 1. The van der Waals surface area contributed by atoms with Crippen molar-refractivity contribution in [2.24, 2.45) is 5.41 Å². The van der Waals surface area contributed by atoms with E-state index in [1.54, 1.807) is 7.11 Å². The maximum atomic E-state index is 11.7. The standard InChI is InChI=1S/C14H27NO3/c1-12(18-2)6-7-13(17)15-10-14(11-16)8-4-3-5-9-14/h12,16H,3-11H2,1-2H3,(H,15,17). The molecular formula is C14H27NO3. The average molecular weight is 257 g/mol. The van der Waals surface area contributed by atoms with Gasteiger partial charge >= 0.3 is 0 Å². The van der Waals surface area contributed by atoms with Crippen LogP contribution in [0.4, 0.5) is 0 Å². The molecule has 0 heterocycles. The molecule has 1 fully saturated rings. The zero-order valence-electron chi connectivity index (χ0n) is 11.7. The molecule has 0 radical (unpaired) electrons. The summed E-state index contributed by atoms with van der Waals surface area (Å²) in [6.07, 6.45) is 6.99. The minimum absolute atomic E-state index is 0.0669. The van der Waals surface area contributed by atoms with Crippen LogP contribution in [-0.4, -0.2) is 37.4 Å². The lowest BCUT2D eigenvalue weighted by molar-refractivity contribution is -0.122. The molecular weight excluding hydrogens is 230 g/mol. The first-order valence-electron chi connectivity index (χ1n) is 7.02. The SMILES string of the molecule is COC(C)CCC(=O)NCC1(CO)CCCCC1. The summed E-state index contributed by atoms with van der Waals surface area (Å²) in [5.41, 5.74) is -0.0687. The maximum absolute atomic E-state index is 11.7. The highest BCUT2D eigenvalue weighted by molar-refractivity contribution is 5.75. The molecule has 106 valence electrons. The van der Waals surface area contributed by atoms with E-state index in [-0.39, 0.29) is 24.0 Å². The molecule has 0 aliphatic heterocycles. The summed E-state index contributed by atoms with van der Waals surface area (Å²) in [6, 6.07) is 0. The van der Waals surface area contributed by atoms with Gasteiger partial charge in [0.1, 0.15) is 0 Å². The van der Waals surface area contributed by atoms with Gasteiger partial charge in [-0.1, -0.05) is 19.3 Å². The van der Waals surface area contributed by atoms with E-state index in [9.17, 15) is 9.90 Å². The van der Waals surface area contributed by atoms with Crippen molar-refractivity contribution in [1.82, 2.24) is 5.32 Å². The summed E-state index contributed by atoms with van der Waals surface area (Å²) < 4.78 is 5.12. The van der Waals surface area contributed by atoms with Gasteiger partial charge in [-0.2, -0.15) is 0 Å². The van der Waals surface area contributed by atoms with Crippen molar-refractivity contribution in [2.75, 3.05) is 20.3 Å². The van der Waals surface area contributed by atoms with E-state index in [1.165, 1.54) is 6.42 Å². The molecule has 1 aliphatic carbocycles. The van der Waals surface area contributed by atoms with Gasteiger partial charge in [0.2, 0.25) is 5.91 Å². The maximum Gasteiger partial charge on any atom is 0.220 e. The number of hydrogen-bond acceptors (Lipinski definition) is 3. The highest BCUT2D eigenvalue weighted by Gasteiger charge is 2.31. The summed E-state index contributed by atoms with van der Waals surface area (Å²) in [6.45, 7) is 2.76. The largest absolute Gasteiger partial charge is 0.396 e. The molecule has 18 heavy (non-hydrogen) atoms. The molecule has 1 unspecified atom stereocenters. The number of aliphatic hydroxyl groups is 1. The summed E-state index contributed by atoms with van der Waals surface area (Å²) in [5, 5.41) is 12.5. The normalized spacial score (nSPS) is 20.4. The average Bonchev–Trinajstić information content (AvgIpc) is 2.43. The van der Waals surface area contributed by atoms with Crippen molar-refractivity contribution >= 4 is 5.91 Å². The van der Waals surface area contributed by atoms with Crippen LogP contribution in [0.5, 0.6) is 0 Å². The van der Waals surface area contributed by atoms with Crippen molar-refractivity contribution in [1.29, 1.82) is 0 Å². The Morgan fingerprint density at radius 1 is 1.39 bits per heavy atom. The minimum atomic E-state index is -0.0687. The van der Waals surface area contributed by atoms with Crippen LogP contribution in [-0.2, 0) is 9.53 Å². The molecule has 1 rings (SSSR count). The second-order valence-electron chi connectivity index (χ2n) is 5.58. The molecule has 4 heteroatoms. The van der Waals surface area contributed by atoms with E-state index in [2.05, 4.69) is 5.32 Å². The van der Waals surface area contributed by atoms with E-state index in [4.69, 9.17) is 4.74 Å². The molecule has 0 saturated heterocycles. The zero-order valence-corrected chi connectivity index (χ0v) is 11.7. The first-order chi connectivity index (χ1) is 8.62. The van der Waals surface area contributed by atoms with Crippen molar-refractivity contribution in [3.05, 3.63) is 0 Å². The first-order valence-corrected chi connectivity index (χ1v) is 7.02. The second kappa shape index (κ2) is 7.74. The Hall–Kier alpha value is -0.610. The highest BCUT2D eigenvalue weighted by atomic mass is 16.5. The van der Waals surface area contributed by atoms with Gasteiger partial charge in [0.15, 0.2) is 0 Å². The zero-order chi connectivity index (χ0) is 13.4. The number of carbonyl (C=O) groups is 1. The number of amides is 1. The van der Waals surface area contributed by atoms with E-state index >= 15 is 0 Å². The molecule has 0 aromatic rings. The fourth-order valence-corrected chi connectivity index (χ4v) is 2.52. The lowest BCUT2D eigenvalue weighted by Gasteiger charge is -2.35. The lowest BCUT2D eigenvalue weighted by Crippen LogP contribution is -2.41. The Balaban J connectivity index is 2.27. The number of ether oxygens (including phenoxy) is 1. The van der Waals surface area contributed by atoms with Crippen LogP contribution < -0.4 is 5.32 Å². The monoisotopic (exact) mass is 257 g/mol. The Morgan fingerprint density at radius 2 is 2.06 bits per heavy atom. The van der Waals surface area contributed by atoms with Crippen molar-refractivity contribution in [3.63, 3.8) is 0 Å². The van der Waals surface area contributed by atoms with Gasteiger partial charge in [0.25, 0.3) is 0 Å². The van der Waals surface area contributed by atoms with E-state index in [0.29, 0.717) is 13.0 Å². The number of aliphatic hydroxyl groups excluding tert-OH is 1. The van der Waals surface area contributed by atoms with Crippen molar-refractivity contribution in [3.8, 4) is 0 Å².